The van der Waals surface area contributed by atoms with Crippen molar-refractivity contribution in [2.75, 3.05) is 19.6 Å². The maximum Gasteiger partial charge on any atom is 0.239 e. The highest BCUT2D eigenvalue weighted by Gasteiger charge is 2.33. The summed E-state index contributed by atoms with van der Waals surface area (Å²) < 4.78 is 0. The topological polar surface area (TPSA) is 87.5 Å². The molecule has 2 amide bonds. The van der Waals surface area contributed by atoms with Crippen molar-refractivity contribution in [3.8, 4) is 0 Å². The first-order valence-corrected chi connectivity index (χ1v) is 9.86. The molecular weight excluding hydrogens is 340 g/mol. The number of amides is 2. The van der Waals surface area contributed by atoms with Crippen LogP contribution in [-0.4, -0.2) is 48.4 Å². The van der Waals surface area contributed by atoms with E-state index in [0.717, 1.165) is 19.6 Å². The highest BCUT2D eigenvalue weighted by molar-refractivity contribution is 5.87. The Balaban J connectivity index is 1.81. The lowest BCUT2D eigenvalue weighted by Crippen LogP contribution is -2.56. The number of nitrogens with one attached hydrogen (secondary N) is 2. The van der Waals surface area contributed by atoms with Crippen molar-refractivity contribution in [3.63, 3.8) is 0 Å². The minimum Gasteiger partial charge on any atom is -0.351 e. The molecule has 0 aromatic heterocycles. The molecule has 1 aliphatic rings. The average molecular weight is 375 g/mol. The molecule has 0 saturated carbocycles. The number of carbonyl (C=O) groups is 2. The number of hydrogen-bond acceptors (Lipinski definition) is 4. The molecule has 27 heavy (non-hydrogen) atoms. The van der Waals surface area contributed by atoms with E-state index in [9.17, 15) is 9.59 Å². The van der Waals surface area contributed by atoms with Crippen molar-refractivity contribution in [1.29, 1.82) is 0 Å². The predicted octanol–water partition coefficient (Wildman–Crippen LogP) is 1.36. The quantitative estimate of drug-likeness (QED) is 0.672. The summed E-state index contributed by atoms with van der Waals surface area (Å²) in [5.74, 6) is 0.297. The summed E-state index contributed by atoms with van der Waals surface area (Å²) in [6.45, 7) is 10.9. The van der Waals surface area contributed by atoms with Crippen LogP contribution in [0.25, 0.3) is 0 Å². The summed E-state index contributed by atoms with van der Waals surface area (Å²) in [7, 11) is 0. The molecule has 1 saturated heterocycles. The fraction of sp³-hybridized carbons (Fsp3) is 0.619. The Hall–Kier alpha value is -1.92. The Morgan fingerprint density at radius 3 is 2.30 bits per heavy atom. The molecule has 1 aliphatic heterocycles. The third-order valence-electron chi connectivity index (χ3n) is 5.34. The lowest BCUT2D eigenvalue weighted by atomic mass is 9.85. The highest BCUT2D eigenvalue weighted by atomic mass is 16.2. The molecule has 1 heterocycles. The fourth-order valence-electron chi connectivity index (χ4n) is 3.76. The van der Waals surface area contributed by atoms with Crippen LogP contribution in [0, 0.1) is 17.8 Å². The van der Waals surface area contributed by atoms with Crippen LogP contribution in [-0.2, 0) is 16.1 Å². The smallest absolute Gasteiger partial charge is 0.239 e. The van der Waals surface area contributed by atoms with Gasteiger partial charge in [-0.3, -0.25) is 14.5 Å². The van der Waals surface area contributed by atoms with Gasteiger partial charge in [0.2, 0.25) is 11.8 Å². The predicted molar refractivity (Wildman–Crippen MR) is 108 cm³/mol. The molecule has 0 spiro atoms. The van der Waals surface area contributed by atoms with Gasteiger partial charge in [-0.1, -0.05) is 58.0 Å². The zero-order chi connectivity index (χ0) is 20.0. The summed E-state index contributed by atoms with van der Waals surface area (Å²) in [4.78, 5) is 26.6. The molecular formula is C21H34N4O2. The lowest BCUT2D eigenvalue weighted by molar-refractivity contribution is -0.128. The van der Waals surface area contributed by atoms with Gasteiger partial charge in [0.1, 0.15) is 0 Å². The number of benzene rings is 1. The lowest BCUT2D eigenvalue weighted by Gasteiger charge is -2.41. The van der Waals surface area contributed by atoms with Crippen molar-refractivity contribution in [3.05, 3.63) is 35.9 Å². The molecule has 1 aromatic rings. The maximum absolute atomic E-state index is 12.3. The van der Waals surface area contributed by atoms with Crippen LogP contribution in [0.5, 0.6) is 0 Å². The Bertz CT molecular complexity index is 608. The third kappa shape index (κ3) is 6.33. The summed E-state index contributed by atoms with van der Waals surface area (Å²) in [6.07, 6.45) is 0. The van der Waals surface area contributed by atoms with E-state index in [4.69, 9.17) is 5.73 Å². The SMILES string of the molecule is CC1CN(Cc2ccccc2)CC(C)C1NC(=O)CNC(=O)[C@@H](N)C(C)C. The molecule has 150 valence electrons. The molecule has 0 radical (unpaired) electrons. The van der Waals surface area contributed by atoms with Crippen LogP contribution in [0.15, 0.2) is 30.3 Å². The molecule has 1 aromatic carbocycles. The van der Waals surface area contributed by atoms with Gasteiger partial charge in [-0.25, -0.2) is 0 Å². The molecule has 4 N–H and O–H groups in total. The summed E-state index contributed by atoms with van der Waals surface area (Å²) in [5, 5.41) is 5.74. The second-order valence-corrected chi connectivity index (χ2v) is 8.22. The van der Waals surface area contributed by atoms with Gasteiger partial charge in [0.15, 0.2) is 0 Å². The van der Waals surface area contributed by atoms with Crippen molar-refractivity contribution in [2.24, 2.45) is 23.5 Å². The van der Waals surface area contributed by atoms with Crippen LogP contribution < -0.4 is 16.4 Å². The van der Waals surface area contributed by atoms with E-state index >= 15 is 0 Å². The van der Waals surface area contributed by atoms with Crippen LogP contribution in [0.1, 0.15) is 33.3 Å². The van der Waals surface area contributed by atoms with Gasteiger partial charge >= 0.3 is 0 Å². The van der Waals surface area contributed by atoms with Gasteiger partial charge < -0.3 is 16.4 Å². The molecule has 3 atom stereocenters. The minimum absolute atomic E-state index is 0.0249. The molecule has 1 fully saturated rings. The monoisotopic (exact) mass is 374 g/mol. The molecule has 0 aliphatic carbocycles. The number of carbonyl (C=O) groups excluding carboxylic acids is 2. The van der Waals surface area contributed by atoms with Crippen molar-refractivity contribution in [2.45, 2.75) is 46.3 Å². The van der Waals surface area contributed by atoms with Gasteiger partial charge in [0, 0.05) is 25.7 Å². The van der Waals surface area contributed by atoms with Crippen molar-refractivity contribution in [1.82, 2.24) is 15.5 Å². The van der Waals surface area contributed by atoms with Gasteiger partial charge in [-0.15, -0.1) is 0 Å². The first-order chi connectivity index (χ1) is 12.8. The molecule has 2 unspecified atom stereocenters. The van der Waals surface area contributed by atoms with E-state index in [1.807, 2.05) is 19.9 Å². The van der Waals surface area contributed by atoms with E-state index in [2.05, 4.69) is 53.6 Å². The largest absolute Gasteiger partial charge is 0.351 e. The fourth-order valence-corrected chi connectivity index (χ4v) is 3.76. The number of nitrogens with two attached hydrogens (primary N) is 1. The zero-order valence-corrected chi connectivity index (χ0v) is 16.9. The van der Waals surface area contributed by atoms with Crippen LogP contribution in [0.3, 0.4) is 0 Å². The van der Waals surface area contributed by atoms with Gasteiger partial charge in [-0.05, 0) is 23.3 Å². The Morgan fingerprint density at radius 2 is 1.74 bits per heavy atom. The minimum atomic E-state index is -0.586. The Morgan fingerprint density at radius 1 is 1.15 bits per heavy atom. The van der Waals surface area contributed by atoms with Crippen molar-refractivity contribution >= 4 is 11.8 Å². The third-order valence-corrected chi connectivity index (χ3v) is 5.34. The zero-order valence-electron chi connectivity index (χ0n) is 16.9. The Labute approximate surface area is 162 Å². The maximum atomic E-state index is 12.3. The normalized spacial score (nSPS) is 24.4. The number of rotatable bonds is 7. The highest BCUT2D eigenvalue weighted by Crippen LogP contribution is 2.23. The number of likely N-dealkylation sites (tertiary alicyclic amines) is 1. The summed E-state index contributed by atoms with van der Waals surface area (Å²) in [5.41, 5.74) is 7.11. The summed E-state index contributed by atoms with van der Waals surface area (Å²) in [6, 6.07) is 9.98. The number of hydrogen-bond donors (Lipinski definition) is 3. The van der Waals surface area contributed by atoms with Gasteiger partial charge in [-0.2, -0.15) is 0 Å². The first-order valence-electron chi connectivity index (χ1n) is 9.86. The second-order valence-electron chi connectivity index (χ2n) is 8.22. The van der Waals surface area contributed by atoms with E-state index in [1.54, 1.807) is 0 Å². The molecule has 6 heteroatoms. The van der Waals surface area contributed by atoms with Gasteiger partial charge in [0.25, 0.3) is 0 Å². The molecule has 0 bridgehead atoms. The second kappa shape index (κ2) is 9.85. The average Bonchev–Trinajstić information content (AvgIpc) is 2.62. The first kappa shape index (κ1) is 21.4. The molecule has 6 nitrogen and oxygen atoms in total. The van der Waals surface area contributed by atoms with Crippen molar-refractivity contribution < 1.29 is 9.59 Å². The molecule has 2 rings (SSSR count). The summed E-state index contributed by atoms with van der Waals surface area (Å²) >= 11 is 0. The standard InChI is InChI=1S/C21H34N4O2/c1-14(2)19(22)21(27)23-10-18(26)24-20-15(3)11-25(12-16(20)4)13-17-8-6-5-7-9-17/h5-9,14-16,19-20H,10-13,22H2,1-4H3,(H,23,27)(H,24,26)/t15?,16?,19-,20?/m0/s1. The van der Waals surface area contributed by atoms with Crippen LogP contribution in [0.2, 0.25) is 0 Å². The van der Waals surface area contributed by atoms with Crippen LogP contribution in [0.4, 0.5) is 0 Å². The van der Waals surface area contributed by atoms with Crippen LogP contribution >= 0.6 is 0 Å². The van der Waals surface area contributed by atoms with E-state index < -0.39 is 6.04 Å². The van der Waals surface area contributed by atoms with E-state index in [1.165, 1.54) is 5.56 Å². The Kier molecular flexibility index (Phi) is 7.80. The number of piperidine rings is 1. The van der Waals surface area contributed by atoms with E-state index in [-0.39, 0.29) is 30.3 Å². The van der Waals surface area contributed by atoms with E-state index in [0.29, 0.717) is 11.8 Å². The van der Waals surface area contributed by atoms with Gasteiger partial charge in [0.05, 0.1) is 12.6 Å². The number of nitrogens with zero attached hydrogens (tertiary/aromatic N) is 1.